The van der Waals surface area contributed by atoms with E-state index < -0.39 is 0 Å². The third kappa shape index (κ3) is 5.26. The van der Waals surface area contributed by atoms with Gasteiger partial charge in [-0.2, -0.15) is 0 Å². The fraction of sp³-hybridized carbons (Fsp3) is 0.667. The third-order valence-electron chi connectivity index (χ3n) is 4.86. The highest BCUT2D eigenvalue weighted by Crippen LogP contribution is 2.41. The zero-order valence-electron chi connectivity index (χ0n) is 17.7. The topological polar surface area (TPSA) is 57.2 Å². The first kappa shape index (κ1) is 23.1. The molecule has 0 bridgehead atoms. The van der Waals surface area contributed by atoms with E-state index in [4.69, 9.17) is 18.9 Å². The van der Waals surface area contributed by atoms with E-state index in [0.29, 0.717) is 25.3 Å². The molecule has 0 amide bonds. The summed E-state index contributed by atoms with van der Waals surface area (Å²) in [6.45, 7) is 10.5. The number of alkyl halides is 1. The molecule has 0 N–H and O–H groups in total. The zero-order valence-corrected chi connectivity index (χ0v) is 19.3. The number of halogens is 1. The molecular weight excluding hydrogens is 426 g/mol. The van der Waals surface area contributed by atoms with Crippen LogP contribution in [0.5, 0.6) is 5.75 Å². The van der Waals surface area contributed by atoms with Gasteiger partial charge in [0.25, 0.3) is 0 Å². The van der Waals surface area contributed by atoms with Gasteiger partial charge in [0.2, 0.25) is 0 Å². The molecule has 1 heterocycles. The lowest BCUT2D eigenvalue weighted by atomic mass is 9.84. The Kier molecular flexibility index (Phi) is 8.30. The number of benzene rings is 1. The fourth-order valence-electron chi connectivity index (χ4n) is 3.49. The lowest BCUT2D eigenvalue weighted by molar-refractivity contribution is -0.108. The van der Waals surface area contributed by atoms with Crippen LogP contribution in [0, 0.1) is 0 Å². The van der Waals surface area contributed by atoms with Gasteiger partial charge in [-0.15, -0.1) is 0 Å². The van der Waals surface area contributed by atoms with Gasteiger partial charge in [0.15, 0.2) is 5.78 Å². The first-order valence-electron chi connectivity index (χ1n) is 9.55. The number of anilines is 1. The lowest BCUT2D eigenvalue weighted by Gasteiger charge is -2.28. The quantitative estimate of drug-likeness (QED) is 0.319. The second-order valence-electron chi connectivity index (χ2n) is 7.89. The van der Waals surface area contributed by atoms with Crippen LogP contribution in [-0.2, 0) is 19.6 Å². The van der Waals surface area contributed by atoms with Gasteiger partial charge in [-0.3, -0.25) is 4.79 Å². The molecule has 1 aliphatic heterocycles. The summed E-state index contributed by atoms with van der Waals surface area (Å²) >= 11 is 3.29. The standard InChI is InChI=1S/C21H32BrNO5/c1-7-27-18-11-23(12-19(18)28-13-25-5)16-9-14(17(24)10-22)8-15(20(16)26-6)21(2,3)4/h8-9,18-19H,7,10-13H2,1-6H3/t18-,19-/m0/s1. The van der Waals surface area contributed by atoms with E-state index in [2.05, 4.69) is 41.6 Å². The van der Waals surface area contributed by atoms with Crippen LogP contribution in [0.2, 0.25) is 0 Å². The monoisotopic (exact) mass is 457 g/mol. The summed E-state index contributed by atoms with van der Waals surface area (Å²) in [5, 5.41) is 0.281. The van der Waals surface area contributed by atoms with Crippen molar-refractivity contribution in [1.29, 1.82) is 0 Å². The van der Waals surface area contributed by atoms with Gasteiger partial charge in [-0.1, -0.05) is 36.7 Å². The smallest absolute Gasteiger partial charge is 0.173 e. The molecule has 0 saturated carbocycles. The Bertz CT molecular complexity index is 673. The minimum Gasteiger partial charge on any atom is -0.494 e. The van der Waals surface area contributed by atoms with E-state index in [1.165, 1.54) is 0 Å². The number of ether oxygens (including phenoxy) is 4. The normalized spacial score (nSPS) is 19.9. The Hall–Kier alpha value is -1.15. The van der Waals surface area contributed by atoms with Gasteiger partial charge >= 0.3 is 0 Å². The molecule has 2 rings (SSSR count). The van der Waals surface area contributed by atoms with E-state index in [1.807, 2.05) is 19.1 Å². The Morgan fingerprint density at radius 2 is 1.82 bits per heavy atom. The highest BCUT2D eigenvalue weighted by Gasteiger charge is 2.37. The van der Waals surface area contributed by atoms with Gasteiger partial charge in [0.05, 0.1) is 18.1 Å². The average Bonchev–Trinajstić information content (AvgIpc) is 3.06. The van der Waals surface area contributed by atoms with Crippen molar-refractivity contribution in [1.82, 2.24) is 0 Å². The van der Waals surface area contributed by atoms with Crippen LogP contribution in [0.1, 0.15) is 43.6 Å². The summed E-state index contributed by atoms with van der Waals surface area (Å²) in [6.07, 6.45) is -0.184. The first-order chi connectivity index (χ1) is 13.3. The molecule has 7 heteroatoms. The molecule has 28 heavy (non-hydrogen) atoms. The maximum Gasteiger partial charge on any atom is 0.173 e. The summed E-state index contributed by atoms with van der Waals surface area (Å²) < 4.78 is 22.6. The predicted octanol–water partition coefficient (Wildman–Crippen LogP) is 3.78. The van der Waals surface area contributed by atoms with Gasteiger partial charge in [0.1, 0.15) is 24.8 Å². The van der Waals surface area contributed by atoms with Crippen molar-refractivity contribution >= 4 is 27.4 Å². The molecule has 158 valence electrons. The molecule has 0 radical (unpaired) electrons. The Morgan fingerprint density at radius 3 is 2.32 bits per heavy atom. The van der Waals surface area contributed by atoms with Gasteiger partial charge in [-0.25, -0.2) is 0 Å². The number of Topliss-reactive ketones (excluding diaryl/α,β-unsaturated/α-hetero) is 1. The Balaban J connectivity index is 2.49. The van der Waals surface area contributed by atoms with Crippen molar-refractivity contribution in [3.63, 3.8) is 0 Å². The summed E-state index contributed by atoms with van der Waals surface area (Å²) in [4.78, 5) is 14.6. The van der Waals surface area contributed by atoms with Crippen molar-refractivity contribution < 1.29 is 23.7 Å². The van der Waals surface area contributed by atoms with Gasteiger partial charge in [-0.05, 0) is 24.5 Å². The fourth-order valence-corrected chi connectivity index (χ4v) is 3.81. The molecule has 0 aromatic heterocycles. The summed E-state index contributed by atoms with van der Waals surface area (Å²) in [5.41, 5.74) is 2.40. The number of carbonyl (C=O) groups is 1. The molecule has 1 aliphatic rings. The maximum absolute atomic E-state index is 12.5. The number of nitrogens with zero attached hydrogens (tertiary/aromatic N) is 1. The average molecular weight is 458 g/mol. The highest BCUT2D eigenvalue weighted by molar-refractivity contribution is 9.09. The van der Waals surface area contributed by atoms with E-state index in [9.17, 15) is 4.79 Å². The third-order valence-corrected chi connectivity index (χ3v) is 5.37. The largest absolute Gasteiger partial charge is 0.494 e. The minimum atomic E-state index is -0.173. The van der Waals surface area contributed by atoms with E-state index in [-0.39, 0.29) is 35.5 Å². The lowest BCUT2D eigenvalue weighted by Crippen LogP contribution is -2.30. The van der Waals surface area contributed by atoms with Crippen molar-refractivity contribution in [2.45, 2.75) is 45.3 Å². The van der Waals surface area contributed by atoms with Crippen LogP contribution in [0.25, 0.3) is 0 Å². The van der Waals surface area contributed by atoms with Crippen LogP contribution in [0.15, 0.2) is 12.1 Å². The van der Waals surface area contributed by atoms with E-state index in [1.54, 1.807) is 14.2 Å². The first-order valence-corrected chi connectivity index (χ1v) is 10.7. The summed E-state index contributed by atoms with van der Waals surface area (Å²) in [7, 11) is 3.28. The second kappa shape index (κ2) is 10.1. The molecule has 2 atom stereocenters. The maximum atomic E-state index is 12.5. The van der Waals surface area contributed by atoms with Crippen LogP contribution >= 0.6 is 15.9 Å². The summed E-state index contributed by atoms with van der Waals surface area (Å²) in [6, 6.07) is 3.86. The number of rotatable bonds is 9. The second-order valence-corrected chi connectivity index (χ2v) is 8.45. The van der Waals surface area contributed by atoms with Crippen LogP contribution in [0.3, 0.4) is 0 Å². The van der Waals surface area contributed by atoms with Gasteiger partial charge in [0, 0.05) is 37.9 Å². The number of carbonyl (C=O) groups excluding carboxylic acids is 1. The molecule has 1 saturated heterocycles. The molecule has 0 unspecified atom stereocenters. The molecule has 1 aromatic rings. The van der Waals surface area contributed by atoms with E-state index in [0.717, 1.165) is 17.0 Å². The van der Waals surface area contributed by atoms with Gasteiger partial charge < -0.3 is 23.8 Å². The summed E-state index contributed by atoms with van der Waals surface area (Å²) in [5.74, 6) is 0.836. The molecule has 0 spiro atoms. The van der Waals surface area contributed by atoms with E-state index >= 15 is 0 Å². The van der Waals surface area contributed by atoms with Crippen molar-refractivity contribution in [2.75, 3.05) is 50.9 Å². The van der Waals surface area contributed by atoms with Crippen LogP contribution in [0.4, 0.5) is 5.69 Å². The number of methoxy groups -OCH3 is 2. The van der Waals surface area contributed by atoms with Crippen molar-refractivity contribution in [2.24, 2.45) is 0 Å². The molecule has 1 fully saturated rings. The predicted molar refractivity (Wildman–Crippen MR) is 114 cm³/mol. The number of hydrogen-bond acceptors (Lipinski definition) is 6. The minimum absolute atomic E-state index is 0.0436. The number of hydrogen-bond donors (Lipinski definition) is 0. The van der Waals surface area contributed by atoms with Crippen molar-refractivity contribution in [3.8, 4) is 5.75 Å². The number of ketones is 1. The Morgan fingerprint density at radius 1 is 1.18 bits per heavy atom. The highest BCUT2D eigenvalue weighted by atomic mass is 79.9. The molecular formula is C21H32BrNO5. The SMILES string of the molecule is CCO[C@H]1CN(c2cc(C(=O)CBr)cc(C(C)(C)C)c2OC)C[C@@H]1OCOC. The zero-order chi connectivity index (χ0) is 20.9. The van der Waals surface area contributed by atoms with Crippen LogP contribution < -0.4 is 9.64 Å². The Labute approximate surface area is 176 Å². The molecule has 6 nitrogen and oxygen atoms in total. The van der Waals surface area contributed by atoms with Crippen LogP contribution in [-0.4, -0.2) is 64.0 Å². The molecule has 0 aliphatic carbocycles. The molecule has 1 aromatic carbocycles. The van der Waals surface area contributed by atoms with Crippen molar-refractivity contribution in [3.05, 3.63) is 23.3 Å².